The molecule has 0 unspecified atom stereocenters. The minimum absolute atomic E-state index is 0.149. The second-order valence-corrected chi connectivity index (χ2v) is 7.71. The van der Waals surface area contributed by atoms with Crippen molar-refractivity contribution >= 4 is 28.2 Å². The number of aromatic nitrogens is 3. The van der Waals surface area contributed by atoms with Crippen molar-refractivity contribution in [2.75, 3.05) is 12.4 Å². The van der Waals surface area contributed by atoms with Crippen molar-refractivity contribution in [3.63, 3.8) is 0 Å². The quantitative estimate of drug-likeness (QED) is 0.434. The van der Waals surface area contributed by atoms with Gasteiger partial charge in [-0.2, -0.15) is 5.10 Å². The number of nitrogens with zero attached hydrogens (tertiary/aromatic N) is 3. The van der Waals surface area contributed by atoms with Crippen LogP contribution in [-0.2, 0) is 6.54 Å². The zero-order valence-electron chi connectivity index (χ0n) is 17.0. The van der Waals surface area contributed by atoms with E-state index >= 15 is 0 Å². The van der Waals surface area contributed by atoms with Crippen LogP contribution in [-0.4, -0.2) is 33.6 Å². The first-order valence-corrected chi connectivity index (χ1v) is 10.4. The van der Waals surface area contributed by atoms with E-state index in [0.29, 0.717) is 34.4 Å². The molecule has 0 bridgehead atoms. The van der Waals surface area contributed by atoms with Crippen LogP contribution < -0.4 is 10.1 Å². The van der Waals surface area contributed by atoms with E-state index in [4.69, 9.17) is 4.74 Å². The Morgan fingerprint density at radius 2 is 1.94 bits per heavy atom. The molecule has 31 heavy (non-hydrogen) atoms. The summed E-state index contributed by atoms with van der Waals surface area (Å²) in [5, 5.41) is 9.45. The van der Waals surface area contributed by atoms with Crippen LogP contribution in [0, 0.1) is 0 Å². The summed E-state index contributed by atoms with van der Waals surface area (Å²) >= 11 is 1.21. The number of methoxy groups -OCH3 is 1. The lowest BCUT2D eigenvalue weighted by molar-refractivity contribution is 0.100. The van der Waals surface area contributed by atoms with E-state index in [1.54, 1.807) is 23.4 Å². The average Bonchev–Trinajstić information content (AvgIpc) is 3.42. The Labute approximate surface area is 183 Å². The third kappa shape index (κ3) is 4.70. The van der Waals surface area contributed by atoms with Gasteiger partial charge in [-0.3, -0.25) is 19.6 Å². The number of ether oxygens (including phenoxy) is 1. The van der Waals surface area contributed by atoms with Gasteiger partial charge in [0.05, 0.1) is 19.2 Å². The van der Waals surface area contributed by atoms with Gasteiger partial charge in [0.1, 0.15) is 17.1 Å². The Bertz CT molecular complexity index is 1230. The molecule has 4 aromatic rings. The van der Waals surface area contributed by atoms with Gasteiger partial charge in [0.25, 0.3) is 5.91 Å². The number of amides is 1. The maximum atomic E-state index is 13.1. The Kier molecular flexibility index (Phi) is 5.90. The fourth-order valence-electron chi connectivity index (χ4n) is 3.08. The van der Waals surface area contributed by atoms with Gasteiger partial charge < -0.3 is 4.74 Å². The predicted octanol–water partition coefficient (Wildman–Crippen LogP) is 4.52. The van der Waals surface area contributed by atoms with Gasteiger partial charge in [0.2, 0.25) is 0 Å². The summed E-state index contributed by atoms with van der Waals surface area (Å²) in [5.41, 5.74) is 3.10. The number of anilines is 1. The van der Waals surface area contributed by atoms with Crippen LogP contribution in [0.1, 0.15) is 33.3 Å². The molecule has 1 N–H and O–H groups in total. The molecule has 0 aliphatic carbocycles. The van der Waals surface area contributed by atoms with Crippen molar-refractivity contribution in [2.45, 2.75) is 13.5 Å². The van der Waals surface area contributed by atoms with Crippen molar-refractivity contribution in [2.24, 2.45) is 0 Å². The molecule has 0 saturated heterocycles. The SMILES string of the molecule is COc1cccc(-c2nn(Cc3ccccc3)cc2C(=O)Nc2nc(C(C)=O)cs2)c1. The number of Topliss-reactive ketones (excluding diaryl/α,β-unsaturated/α-hetero) is 1. The van der Waals surface area contributed by atoms with Crippen LogP contribution in [0.15, 0.2) is 66.2 Å². The van der Waals surface area contributed by atoms with E-state index in [-0.39, 0.29) is 11.7 Å². The topological polar surface area (TPSA) is 86.1 Å². The number of nitrogens with one attached hydrogen (secondary N) is 1. The second kappa shape index (κ2) is 8.93. The van der Waals surface area contributed by atoms with Gasteiger partial charge >= 0.3 is 0 Å². The maximum absolute atomic E-state index is 13.1. The highest BCUT2D eigenvalue weighted by atomic mass is 32.1. The summed E-state index contributed by atoms with van der Waals surface area (Å²) < 4.78 is 7.06. The fraction of sp³-hybridized carbons (Fsp3) is 0.130. The van der Waals surface area contributed by atoms with E-state index in [1.165, 1.54) is 18.3 Å². The maximum Gasteiger partial charge on any atom is 0.261 e. The molecule has 0 radical (unpaired) electrons. The minimum Gasteiger partial charge on any atom is -0.497 e. The Balaban J connectivity index is 1.69. The van der Waals surface area contributed by atoms with E-state index in [9.17, 15) is 9.59 Å². The molecule has 7 nitrogen and oxygen atoms in total. The van der Waals surface area contributed by atoms with Crippen molar-refractivity contribution in [1.82, 2.24) is 14.8 Å². The van der Waals surface area contributed by atoms with Crippen molar-refractivity contribution in [3.8, 4) is 17.0 Å². The zero-order valence-corrected chi connectivity index (χ0v) is 17.8. The first kappa shape index (κ1) is 20.5. The van der Waals surface area contributed by atoms with Crippen LogP contribution in [0.4, 0.5) is 5.13 Å². The summed E-state index contributed by atoms with van der Waals surface area (Å²) in [4.78, 5) is 28.8. The minimum atomic E-state index is -0.346. The normalized spacial score (nSPS) is 10.6. The molecule has 0 aliphatic rings. The number of thiazole rings is 1. The molecule has 1 amide bonds. The van der Waals surface area contributed by atoms with Crippen LogP contribution in [0.25, 0.3) is 11.3 Å². The molecule has 0 fully saturated rings. The number of benzene rings is 2. The van der Waals surface area contributed by atoms with Gasteiger partial charge in [-0.05, 0) is 17.7 Å². The number of hydrogen-bond donors (Lipinski definition) is 1. The van der Waals surface area contributed by atoms with E-state index < -0.39 is 0 Å². The molecule has 8 heteroatoms. The standard InChI is InChI=1S/C23H20N4O3S/c1-15(28)20-14-31-23(24-20)25-22(29)19-13-27(12-16-7-4-3-5-8-16)26-21(19)17-9-6-10-18(11-17)30-2/h3-11,13-14H,12H2,1-2H3,(H,24,25,29). The Hall–Kier alpha value is -3.78. The third-order valence-corrected chi connectivity index (χ3v) is 5.38. The smallest absolute Gasteiger partial charge is 0.261 e. The van der Waals surface area contributed by atoms with Crippen molar-refractivity contribution in [3.05, 3.63) is 83.0 Å². The Morgan fingerprint density at radius 3 is 2.65 bits per heavy atom. The molecule has 2 heterocycles. The highest BCUT2D eigenvalue weighted by Crippen LogP contribution is 2.27. The summed E-state index contributed by atoms with van der Waals surface area (Å²) in [5.74, 6) is 0.179. The highest BCUT2D eigenvalue weighted by Gasteiger charge is 2.20. The fourth-order valence-corrected chi connectivity index (χ4v) is 3.82. The lowest BCUT2D eigenvalue weighted by Crippen LogP contribution is -2.12. The third-order valence-electron chi connectivity index (χ3n) is 4.62. The average molecular weight is 433 g/mol. The van der Waals surface area contributed by atoms with Gasteiger partial charge in [-0.1, -0.05) is 42.5 Å². The van der Waals surface area contributed by atoms with Gasteiger partial charge in [-0.25, -0.2) is 4.98 Å². The first-order valence-electron chi connectivity index (χ1n) is 9.57. The molecular weight excluding hydrogens is 412 g/mol. The number of carbonyl (C=O) groups is 2. The van der Waals surface area contributed by atoms with Crippen molar-refractivity contribution < 1.29 is 14.3 Å². The van der Waals surface area contributed by atoms with Crippen LogP contribution in [0.2, 0.25) is 0 Å². The first-order chi connectivity index (χ1) is 15.0. The summed E-state index contributed by atoms with van der Waals surface area (Å²) in [6.45, 7) is 1.96. The lowest BCUT2D eigenvalue weighted by atomic mass is 10.1. The van der Waals surface area contributed by atoms with Crippen molar-refractivity contribution in [1.29, 1.82) is 0 Å². The number of rotatable bonds is 7. The van der Waals surface area contributed by atoms with E-state index in [1.807, 2.05) is 54.6 Å². The molecule has 0 atom stereocenters. The number of carbonyl (C=O) groups excluding carboxylic acids is 2. The molecule has 0 saturated carbocycles. The van der Waals surface area contributed by atoms with Crippen LogP contribution in [0.5, 0.6) is 5.75 Å². The predicted molar refractivity (Wildman–Crippen MR) is 120 cm³/mol. The highest BCUT2D eigenvalue weighted by molar-refractivity contribution is 7.14. The van der Waals surface area contributed by atoms with Crippen LogP contribution >= 0.6 is 11.3 Å². The summed E-state index contributed by atoms with van der Waals surface area (Å²) in [6, 6.07) is 17.3. The molecule has 0 spiro atoms. The molecule has 0 aliphatic heterocycles. The molecule has 2 aromatic carbocycles. The molecule has 4 rings (SSSR count). The molecular formula is C23H20N4O3S. The lowest BCUT2D eigenvalue weighted by Gasteiger charge is -2.05. The van der Waals surface area contributed by atoms with E-state index in [2.05, 4.69) is 15.4 Å². The second-order valence-electron chi connectivity index (χ2n) is 6.85. The number of ketones is 1. The summed E-state index contributed by atoms with van der Waals surface area (Å²) in [7, 11) is 1.59. The largest absolute Gasteiger partial charge is 0.497 e. The zero-order chi connectivity index (χ0) is 21.8. The van der Waals surface area contributed by atoms with Gasteiger partial charge in [0, 0.05) is 24.1 Å². The van der Waals surface area contributed by atoms with Crippen LogP contribution in [0.3, 0.4) is 0 Å². The van der Waals surface area contributed by atoms with Gasteiger partial charge in [0.15, 0.2) is 10.9 Å². The summed E-state index contributed by atoms with van der Waals surface area (Å²) in [6.07, 6.45) is 1.72. The monoisotopic (exact) mass is 432 g/mol. The molecule has 156 valence electrons. The Morgan fingerprint density at radius 1 is 1.13 bits per heavy atom. The molecule has 2 aromatic heterocycles. The number of hydrogen-bond acceptors (Lipinski definition) is 6. The van der Waals surface area contributed by atoms with Gasteiger partial charge in [-0.15, -0.1) is 11.3 Å². The van der Waals surface area contributed by atoms with E-state index in [0.717, 1.165) is 11.1 Å².